The molecule has 134 valence electrons. The van der Waals surface area contributed by atoms with Crippen LogP contribution in [0.15, 0.2) is 22.5 Å². The predicted molar refractivity (Wildman–Crippen MR) is 102 cm³/mol. The zero-order valence-corrected chi connectivity index (χ0v) is 15.6. The lowest BCUT2D eigenvalue weighted by atomic mass is 9.95. The van der Waals surface area contributed by atoms with Crippen molar-refractivity contribution >= 4 is 23.2 Å². The van der Waals surface area contributed by atoms with E-state index in [0.717, 1.165) is 25.8 Å². The molecular formula is C18H30N4OS. The van der Waals surface area contributed by atoms with Gasteiger partial charge in [-0.3, -0.25) is 9.79 Å². The fourth-order valence-corrected chi connectivity index (χ4v) is 3.90. The smallest absolute Gasteiger partial charge is 0.239 e. The van der Waals surface area contributed by atoms with Crippen LogP contribution < -0.4 is 16.0 Å². The van der Waals surface area contributed by atoms with Crippen molar-refractivity contribution in [1.82, 2.24) is 16.0 Å². The third kappa shape index (κ3) is 6.91. The first-order valence-corrected chi connectivity index (χ1v) is 9.81. The number of carbonyl (C=O) groups is 1. The van der Waals surface area contributed by atoms with E-state index >= 15 is 0 Å². The Morgan fingerprint density at radius 1 is 1.33 bits per heavy atom. The average molecular weight is 351 g/mol. The van der Waals surface area contributed by atoms with Crippen molar-refractivity contribution in [2.75, 3.05) is 20.1 Å². The molecule has 1 atom stereocenters. The highest BCUT2D eigenvalue weighted by Gasteiger charge is 2.15. The van der Waals surface area contributed by atoms with Gasteiger partial charge < -0.3 is 16.0 Å². The van der Waals surface area contributed by atoms with Crippen LogP contribution in [-0.4, -0.2) is 38.0 Å². The number of amides is 1. The van der Waals surface area contributed by atoms with Gasteiger partial charge >= 0.3 is 0 Å². The Morgan fingerprint density at radius 2 is 2.12 bits per heavy atom. The van der Waals surface area contributed by atoms with Crippen LogP contribution in [0.2, 0.25) is 0 Å². The molecule has 5 nitrogen and oxygen atoms in total. The Balaban J connectivity index is 1.63. The Kier molecular flexibility index (Phi) is 8.08. The second-order valence-corrected chi connectivity index (χ2v) is 7.63. The number of guanidine groups is 1. The second kappa shape index (κ2) is 10.3. The summed E-state index contributed by atoms with van der Waals surface area (Å²) in [5, 5.41) is 11.6. The molecule has 1 heterocycles. The first kappa shape index (κ1) is 18.8. The lowest BCUT2D eigenvalue weighted by Crippen LogP contribution is -2.46. The summed E-state index contributed by atoms with van der Waals surface area (Å²) in [6.07, 6.45) is 7.03. The number of nitrogens with one attached hydrogen (secondary N) is 3. The van der Waals surface area contributed by atoms with Crippen molar-refractivity contribution in [2.24, 2.45) is 10.9 Å². The number of hydrogen-bond acceptors (Lipinski definition) is 3. The van der Waals surface area contributed by atoms with E-state index in [2.05, 4.69) is 45.4 Å². The summed E-state index contributed by atoms with van der Waals surface area (Å²) in [5.74, 6) is 1.25. The second-order valence-electron chi connectivity index (χ2n) is 6.60. The first-order chi connectivity index (χ1) is 11.7. The van der Waals surface area contributed by atoms with Crippen LogP contribution in [0.4, 0.5) is 0 Å². The molecule has 1 aliphatic rings. The van der Waals surface area contributed by atoms with Crippen molar-refractivity contribution in [2.45, 2.75) is 51.5 Å². The van der Waals surface area contributed by atoms with Gasteiger partial charge in [0.1, 0.15) is 0 Å². The van der Waals surface area contributed by atoms with E-state index in [9.17, 15) is 4.79 Å². The molecule has 0 bridgehead atoms. The van der Waals surface area contributed by atoms with Gasteiger partial charge in [0.05, 0.1) is 6.54 Å². The average Bonchev–Trinajstić information content (AvgIpc) is 3.09. The Hall–Kier alpha value is -1.56. The Labute approximate surface area is 149 Å². The van der Waals surface area contributed by atoms with E-state index < -0.39 is 0 Å². The molecule has 0 saturated heterocycles. The van der Waals surface area contributed by atoms with Crippen LogP contribution in [0, 0.1) is 5.92 Å². The fraction of sp³-hybridized carbons (Fsp3) is 0.667. The maximum Gasteiger partial charge on any atom is 0.239 e. The quantitative estimate of drug-likeness (QED) is 0.523. The predicted octanol–water partition coefficient (Wildman–Crippen LogP) is 2.54. The van der Waals surface area contributed by atoms with Gasteiger partial charge in [-0.2, -0.15) is 0 Å². The van der Waals surface area contributed by atoms with Gasteiger partial charge in [-0.15, -0.1) is 11.3 Å². The molecule has 0 aliphatic heterocycles. The zero-order chi connectivity index (χ0) is 17.2. The minimum Gasteiger partial charge on any atom is -0.356 e. The zero-order valence-electron chi connectivity index (χ0n) is 14.8. The summed E-state index contributed by atoms with van der Waals surface area (Å²) in [6.45, 7) is 3.33. The molecule has 24 heavy (non-hydrogen) atoms. The third-order valence-electron chi connectivity index (χ3n) is 4.36. The third-order valence-corrected chi connectivity index (χ3v) is 5.26. The fourth-order valence-electron chi connectivity index (χ4n) is 3.03. The van der Waals surface area contributed by atoms with Gasteiger partial charge in [-0.1, -0.05) is 32.3 Å². The van der Waals surface area contributed by atoms with Crippen LogP contribution in [0.25, 0.3) is 0 Å². The van der Waals surface area contributed by atoms with Crippen molar-refractivity contribution in [1.29, 1.82) is 0 Å². The van der Waals surface area contributed by atoms with Crippen LogP contribution in [0.1, 0.15) is 43.9 Å². The topological polar surface area (TPSA) is 65.5 Å². The molecule has 1 aromatic heterocycles. The number of thiophene rings is 1. The normalized spacial score (nSPS) is 17.3. The SMILES string of the molecule is CN=C(NCC(=O)NC1CCCCC1)NCC(C)Cc1cccs1. The maximum atomic E-state index is 12.0. The van der Waals surface area contributed by atoms with Gasteiger partial charge in [0.2, 0.25) is 5.91 Å². The summed E-state index contributed by atoms with van der Waals surface area (Å²) in [6, 6.07) is 4.61. The standard InChI is InChI=1S/C18H30N4OS/c1-14(11-16-9-6-10-24-16)12-20-18(19-2)21-13-17(23)22-15-7-4-3-5-8-15/h6,9-10,14-15H,3-5,7-8,11-13H2,1-2H3,(H,22,23)(H2,19,20,21). The van der Waals surface area contributed by atoms with E-state index in [1.807, 2.05) is 0 Å². The minimum absolute atomic E-state index is 0.0523. The van der Waals surface area contributed by atoms with E-state index in [0.29, 0.717) is 17.9 Å². The van der Waals surface area contributed by atoms with E-state index in [4.69, 9.17) is 0 Å². The number of rotatable bonds is 7. The molecule has 0 radical (unpaired) electrons. The minimum atomic E-state index is 0.0523. The highest BCUT2D eigenvalue weighted by atomic mass is 32.1. The van der Waals surface area contributed by atoms with Crippen LogP contribution >= 0.6 is 11.3 Å². The molecular weight excluding hydrogens is 320 g/mol. The van der Waals surface area contributed by atoms with Crippen molar-refractivity contribution in [3.63, 3.8) is 0 Å². The van der Waals surface area contributed by atoms with Crippen molar-refractivity contribution in [3.05, 3.63) is 22.4 Å². The van der Waals surface area contributed by atoms with Crippen molar-refractivity contribution < 1.29 is 4.79 Å². The van der Waals surface area contributed by atoms with Gasteiger partial charge in [0.15, 0.2) is 5.96 Å². The van der Waals surface area contributed by atoms with Gasteiger partial charge in [-0.25, -0.2) is 0 Å². The van der Waals surface area contributed by atoms with E-state index in [1.54, 1.807) is 18.4 Å². The summed E-state index contributed by atoms with van der Waals surface area (Å²) in [7, 11) is 1.73. The largest absolute Gasteiger partial charge is 0.356 e. The maximum absolute atomic E-state index is 12.0. The first-order valence-electron chi connectivity index (χ1n) is 8.93. The molecule has 1 saturated carbocycles. The van der Waals surface area contributed by atoms with E-state index in [-0.39, 0.29) is 12.5 Å². The summed E-state index contributed by atoms with van der Waals surface area (Å²) < 4.78 is 0. The monoisotopic (exact) mass is 350 g/mol. The van der Waals surface area contributed by atoms with E-state index in [1.165, 1.54) is 24.1 Å². The summed E-state index contributed by atoms with van der Waals surface area (Å²) in [5.41, 5.74) is 0. The summed E-state index contributed by atoms with van der Waals surface area (Å²) in [4.78, 5) is 17.6. The van der Waals surface area contributed by atoms with Crippen LogP contribution in [-0.2, 0) is 11.2 Å². The van der Waals surface area contributed by atoms with Gasteiger partial charge in [0.25, 0.3) is 0 Å². The highest BCUT2D eigenvalue weighted by molar-refractivity contribution is 7.09. The van der Waals surface area contributed by atoms with Crippen LogP contribution in [0.5, 0.6) is 0 Å². The molecule has 1 aromatic rings. The van der Waals surface area contributed by atoms with Gasteiger partial charge in [0, 0.05) is 24.5 Å². The van der Waals surface area contributed by atoms with Crippen LogP contribution in [0.3, 0.4) is 0 Å². The lowest BCUT2D eigenvalue weighted by Gasteiger charge is -2.23. The number of carbonyl (C=O) groups excluding carboxylic acids is 1. The molecule has 0 aromatic carbocycles. The van der Waals surface area contributed by atoms with Crippen molar-refractivity contribution in [3.8, 4) is 0 Å². The Bertz CT molecular complexity index is 509. The molecule has 1 fully saturated rings. The number of aliphatic imine (C=N–C) groups is 1. The highest BCUT2D eigenvalue weighted by Crippen LogP contribution is 2.17. The molecule has 6 heteroatoms. The molecule has 0 spiro atoms. The molecule has 1 aliphatic carbocycles. The number of hydrogen-bond donors (Lipinski definition) is 3. The molecule has 1 amide bonds. The number of nitrogens with zero attached hydrogens (tertiary/aromatic N) is 1. The summed E-state index contributed by atoms with van der Waals surface area (Å²) >= 11 is 1.80. The molecule has 1 unspecified atom stereocenters. The molecule has 3 N–H and O–H groups in total. The lowest BCUT2D eigenvalue weighted by molar-refractivity contribution is -0.120. The Morgan fingerprint density at radius 3 is 2.79 bits per heavy atom. The molecule has 2 rings (SSSR count). The van der Waals surface area contributed by atoms with Gasteiger partial charge in [-0.05, 0) is 36.6 Å².